The zero-order chi connectivity index (χ0) is 19.8. The van der Waals surface area contributed by atoms with E-state index in [0.29, 0.717) is 31.7 Å². The van der Waals surface area contributed by atoms with E-state index in [2.05, 4.69) is 10.4 Å². The van der Waals surface area contributed by atoms with E-state index in [9.17, 15) is 9.59 Å². The van der Waals surface area contributed by atoms with Crippen LogP contribution in [0.3, 0.4) is 0 Å². The SMILES string of the molecule is CCOC(=O)c1ccc2c(cnn2CCCNC(=O)OCc2ccccc2)c1. The van der Waals surface area contributed by atoms with Crippen LogP contribution in [0.1, 0.15) is 29.3 Å². The fourth-order valence-corrected chi connectivity index (χ4v) is 2.80. The van der Waals surface area contributed by atoms with Crippen LogP contribution in [0, 0.1) is 0 Å². The van der Waals surface area contributed by atoms with Gasteiger partial charge >= 0.3 is 12.1 Å². The number of hydrogen-bond acceptors (Lipinski definition) is 5. The Labute approximate surface area is 163 Å². The molecule has 0 bridgehead atoms. The molecule has 0 aliphatic carbocycles. The highest BCUT2D eigenvalue weighted by molar-refractivity contribution is 5.94. The fourth-order valence-electron chi connectivity index (χ4n) is 2.80. The minimum Gasteiger partial charge on any atom is -0.462 e. The van der Waals surface area contributed by atoms with Gasteiger partial charge in [-0.2, -0.15) is 5.10 Å². The number of amides is 1. The number of ether oxygens (including phenoxy) is 2. The monoisotopic (exact) mass is 381 g/mol. The largest absolute Gasteiger partial charge is 0.462 e. The quantitative estimate of drug-likeness (QED) is 0.477. The first-order valence-electron chi connectivity index (χ1n) is 9.24. The smallest absolute Gasteiger partial charge is 0.407 e. The second kappa shape index (κ2) is 9.55. The summed E-state index contributed by atoms with van der Waals surface area (Å²) in [5, 5.41) is 7.97. The predicted octanol–water partition coefficient (Wildman–Crippen LogP) is 3.53. The molecule has 1 N–H and O–H groups in total. The van der Waals surface area contributed by atoms with Crippen LogP contribution in [0.15, 0.2) is 54.7 Å². The van der Waals surface area contributed by atoms with Crippen LogP contribution in [0.4, 0.5) is 4.79 Å². The summed E-state index contributed by atoms with van der Waals surface area (Å²) in [5.74, 6) is -0.338. The zero-order valence-electron chi connectivity index (χ0n) is 15.8. The van der Waals surface area contributed by atoms with Crippen LogP contribution in [0.5, 0.6) is 0 Å². The van der Waals surface area contributed by atoms with Crippen LogP contribution in [0.25, 0.3) is 10.9 Å². The second-order valence-corrected chi connectivity index (χ2v) is 6.20. The summed E-state index contributed by atoms with van der Waals surface area (Å²) >= 11 is 0. The van der Waals surface area contributed by atoms with E-state index in [4.69, 9.17) is 9.47 Å². The van der Waals surface area contributed by atoms with E-state index in [-0.39, 0.29) is 12.6 Å². The number of carbonyl (C=O) groups excluding carboxylic acids is 2. The summed E-state index contributed by atoms with van der Waals surface area (Å²) < 4.78 is 12.0. The number of carbonyl (C=O) groups is 2. The van der Waals surface area contributed by atoms with Crippen LogP contribution >= 0.6 is 0 Å². The Kier molecular flexibility index (Phi) is 6.62. The van der Waals surface area contributed by atoms with Crippen molar-refractivity contribution < 1.29 is 19.1 Å². The molecular formula is C21H23N3O4. The summed E-state index contributed by atoms with van der Waals surface area (Å²) in [6.45, 7) is 3.49. The highest BCUT2D eigenvalue weighted by Gasteiger charge is 2.10. The summed E-state index contributed by atoms with van der Waals surface area (Å²) in [6, 6.07) is 14.9. The van der Waals surface area contributed by atoms with Crippen molar-refractivity contribution in [2.45, 2.75) is 26.5 Å². The molecule has 2 aromatic carbocycles. The second-order valence-electron chi connectivity index (χ2n) is 6.20. The van der Waals surface area contributed by atoms with Gasteiger partial charge in [0.1, 0.15) is 6.61 Å². The lowest BCUT2D eigenvalue weighted by atomic mass is 10.1. The van der Waals surface area contributed by atoms with E-state index in [1.54, 1.807) is 25.3 Å². The Morgan fingerprint density at radius 1 is 1.11 bits per heavy atom. The van der Waals surface area contributed by atoms with Gasteiger partial charge in [-0.05, 0) is 37.1 Å². The molecule has 7 heteroatoms. The molecule has 0 aliphatic heterocycles. The van der Waals surface area contributed by atoms with Crippen LogP contribution in [-0.2, 0) is 22.6 Å². The summed E-state index contributed by atoms with van der Waals surface area (Å²) in [6.07, 6.45) is 1.99. The van der Waals surface area contributed by atoms with Crippen molar-refractivity contribution in [3.63, 3.8) is 0 Å². The number of alkyl carbamates (subject to hydrolysis) is 1. The minimum absolute atomic E-state index is 0.249. The Balaban J connectivity index is 1.45. The van der Waals surface area contributed by atoms with E-state index in [0.717, 1.165) is 16.5 Å². The number of nitrogens with zero attached hydrogens (tertiary/aromatic N) is 2. The lowest BCUT2D eigenvalue weighted by molar-refractivity contribution is 0.0526. The van der Waals surface area contributed by atoms with Gasteiger partial charge in [0.2, 0.25) is 0 Å². The van der Waals surface area contributed by atoms with Gasteiger partial charge < -0.3 is 14.8 Å². The van der Waals surface area contributed by atoms with E-state index < -0.39 is 6.09 Å². The van der Waals surface area contributed by atoms with Gasteiger partial charge in [-0.15, -0.1) is 0 Å². The zero-order valence-corrected chi connectivity index (χ0v) is 15.8. The van der Waals surface area contributed by atoms with Crippen LogP contribution in [0.2, 0.25) is 0 Å². The molecule has 146 valence electrons. The van der Waals surface area contributed by atoms with Crippen molar-refractivity contribution in [3.05, 3.63) is 65.9 Å². The lowest BCUT2D eigenvalue weighted by Gasteiger charge is -2.08. The van der Waals surface area contributed by atoms with Crippen LogP contribution in [-0.4, -0.2) is 35.0 Å². The molecule has 28 heavy (non-hydrogen) atoms. The first-order valence-corrected chi connectivity index (χ1v) is 9.24. The Hall–Kier alpha value is -3.35. The molecule has 0 radical (unpaired) electrons. The molecule has 0 atom stereocenters. The van der Waals surface area contributed by atoms with Crippen molar-refractivity contribution in [3.8, 4) is 0 Å². The molecule has 0 saturated heterocycles. The molecule has 0 fully saturated rings. The topological polar surface area (TPSA) is 82.5 Å². The van der Waals surface area contributed by atoms with Crippen LogP contribution < -0.4 is 5.32 Å². The third-order valence-electron chi connectivity index (χ3n) is 4.18. The Morgan fingerprint density at radius 2 is 1.93 bits per heavy atom. The fraction of sp³-hybridized carbons (Fsp3) is 0.286. The highest BCUT2D eigenvalue weighted by Crippen LogP contribution is 2.17. The molecule has 0 spiro atoms. The van der Waals surface area contributed by atoms with Gasteiger partial charge in [-0.3, -0.25) is 4.68 Å². The number of hydrogen-bond donors (Lipinski definition) is 1. The number of rotatable bonds is 8. The van der Waals surface area contributed by atoms with Crippen molar-refractivity contribution >= 4 is 23.0 Å². The van der Waals surface area contributed by atoms with Crippen molar-refractivity contribution in [1.29, 1.82) is 0 Å². The number of esters is 1. The highest BCUT2D eigenvalue weighted by atomic mass is 16.5. The maximum absolute atomic E-state index is 11.8. The molecule has 1 heterocycles. The van der Waals surface area contributed by atoms with Crippen molar-refractivity contribution in [2.24, 2.45) is 0 Å². The standard InChI is InChI=1S/C21H23N3O4/c1-2-27-20(25)17-9-10-19-18(13-17)14-23-24(19)12-6-11-22-21(26)28-15-16-7-4-3-5-8-16/h3-5,7-10,13-14H,2,6,11-12,15H2,1H3,(H,22,26). The van der Waals surface area contributed by atoms with Gasteiger partial charge in [-0.25, -0.2) is 9.59 Å². The maximum atomic E-state index is 11.8. The summed E-state index contributed by atoms with van der Waals surface area (Å²) in [5.41, 5.74) is 2.39. The van der Waals surface area contributed by atoms with E-state index in [1.165, 1.54) is 0 Å². The molecule has 0 unspecified atom stereocenters. The molecular weight excluding hydrogens is 358 g/mol. The lowest BCUT2D eigenvalue weighted by Crippen LogP contribution is -2.26. The number of aromatic nitrogens is 2. The number of aryl methyl sites for hydroxylation is 1. The number of nitrogens with one attached hydrogen (secondary N) is 1. The van der Waals surface area contributed by atoms with E-state index >= 15 is 0 Å². The Bertz CT molecular complexity index is 937. The van der Waals surface area contributed by atoms with Crippen molar-refractivity contribution in [2.75, 3.05) is 13.2 Å². The van der Waals surface area contributed by atoms with Crippen molar-refractivity contribution in [1.82, 2.24) is 15.1 Å². The predicted molar refractivity (Wildman–Crippen MR) is 105 cm³/mol. The normalized spacial score (nSPS) is 10.6. The third kappa shape index (κ3) is 5.09. The van der Waals surface area contributed by atoms with Gasteiger partial charge in [-0.1, -0.05) is 30.3 Å². The third-order valence-corrected chi connectivity index (χ3v) is 4.18. The van der Waals surface area contributed by atoms with Gasteiger partial charge in [0, 0.05) is 18.5 Å². The van der Waals surface area contributed by atoms with Gasteiger partial charge in [0.15, 0.2) is 0 Å². The summed E-state index contributed by atoms with van der Waals surface area (Å²) in [4.78, 5) is 23.6. The molecule has 1 aromatic heterocycles. The average Bonchev–Trinajstić information content (AvgIpc) is 3.13. The Morgan fingerprint density at radius 3 is 2.71 bits per heavy atom. The first kappa shape index (κ1) is 19.4. The molecule has 3 rings (SSSR count). The van der Waals surface area contributed by atoms with Gasteiger partial charge in [0.05, 0.1) is 23.9 Å². The van der Waals surface area contributed by atoms with Gasteiger partial charge in [0.25, 0.3) is 0 Å². The minimum atomic E-state index is -0.437. The number of fused-ring (bicyclic) bond motifs is 1. The van der Waals surface area contributed by atoms with E-state index in [1.807, 2.05) is 41.1 Å². The molecule has 0 saturated carbocycles. The number of benzene rings is 2. The molecule has 3 aromatic rings. The molecule has 1 amide bonds. The summed E-state index contributed by atoms with van der Waals surface area (Å²) in [7, 11) is 0. The first-order chi connectivity index (χ1) is 13.7. The average molecular weight is 381 g/mol. The maximum Gasteiger partial charge on any atom is 0.407 e. The molecule has 0 aliphatic rings. The molecule has 7 nitrogen and oxygen atoms in total.